The minimum absolute atomic E-state index is 0.240. The van der Waals surface area contributed by atoms with Gasteiger partial charge >= 0.3 is 0 Å². The van der Waals surface area contributed by atoms with E-state index < -0.39 is 0 Å². The van der Waals surface area contributed by atoms with Gasteiger partial charge < -0.3 is 5.32 Å². The Kier molecular flexibility index (Phi) is 4.97. The molecule has 0 fully saturated rings. The molecule has 1 atom stereocenters. The molecule has 4 heteroatoms. The van der Waals surface area contributed by atoms with Gasteiger partial charge in [-0.15, -0.1) is 0 Å². The van der Waals surface area contributed by atoms with Gasteiger partial charge in [0.15, 0.2) is 0 Å². The standard InChI is InChI=1S/C15H16BrClN2/c1-10-7-11(3-6-14(10)17)15(18-2)8-13-5-4-12(16)9-19-13/h3-7,9,15,18H,8H2,1-2H3. The molecular formula is C15H16BrClN2. The molecule has 1 aromatic carbocycles. The second kappa shape index (κ2) is 6.51. The Morgan fingerprint density at radius 2 is 2.11 bits per heavy atom. The van der Waals surface area contributed by atoms with Gasteiger partial charge in [-0.2, -0.15) is 0 Å². The zero-order valence-electron chi connectivity index (χ0n) is 11.0. The predicted octanol–water partition coefficient (Wildman–Crippen LogP) is 4.31. The Bertz CT molecular complexity index is 555. The molecule has 0 spiro atoms. The molecule has 2 aromatic rings. The van der Waals surface area contributed by atoms with Crippen LogP contribution in [0.1, 0.15) is 22.9 Å². The third kappa shape index (κ3) is 3.78. The van der Waals surface area contributed by atoms with Crippen LogP contribution in [-0.2, 0) is 6.42 Å². The van der Waals surface area contributed by atoms with Crippen LogP contribution in [0.5, 0.6) is 0 Å². The quantitative estimate of drug-likeness (QED) is 0.898. The van der Waals surface area contributed by atoms with E-state index in [-0.39, 0.29) is 6.04 Å². The highest BCUT2D eigenvalue weighted by Gasteiger charge is 2.11. The normalized spacial score (nSPS) is 12.4. The topological polar surface area (TPSA) is 24.9 Å². The summed E-state index contributed by atoms with van der Waals surface area (Å²) in [6.45, 7) is 2.02. The molecule has 0 saturated heterocycles. The number of halogens is 2. The number of rotatable bonds is 4. The van der Waals surface area contributed by atoms with Crippen molar-refractivity contribution in [3.63, 3.8) is 0 Å². The van der Waals surface area contributed by atoms with E-state index in [1.165, 1.54) is 5.56 Å². The number of likely N-dealkylation sites (N-methyl/N-ethyl adjacent to an activating group) is 1. The first-order valence-corrected chi connectivity index (χ1v) is 7.31. The molecule has 19 heavy (non-hydrogen) atoms. The summed E-state index contributed by atoms with van der Waals surface area (Å²) >= 11 is 9.47. The molecule has 0 radical (unpaired) electrons. The SMILES string of the molecule is CNC(Cc1ccc(Br)cn1)c1ccc(Cl)c(C)c1. The van der Waals surface area contributed by atoms with E-state index in [0.717, 1.165) is 27.2 Å². The monoisotopic (exact) mass is 338 g/mol. The van der Waals surface area contributed by atoms with Crippen LogP contribution >= 0.6 is 27.5 Å². The van der Waals surface area contributed by atoms with E-state index in [2.05, 4.69) is 38.4 Å². The number of hydrogen-bond donors (Lipinski definition) is 1. The maximum Gasteiger partial charge on any atom is 0.0435 e. The van der Waals surface area contributed by atoms with Crippen molar-refractivity contribution in [2.75, 3.05) is 7.05 Å². The van der Waals surface area contributed by atoms with E-state index in [1.807, 2.05) is 38.4 Å². The minimum Gasteiger partial charge on any atom is -0.313 e. The summed E-state index contributed by atoms with van der Waals surface area (Å²) in [6.07, 6.45) is 2.68. The summed E-state index contributed by atoms with van der Waals surface area (Å²) < 4.78 is 1.000. The third-order valence-electron chi connectivity index (χ3n) is 3.13. The molecular weight excluding hydrogens is 324 g/mol. The number of hydrogen-bond acceptors (Lipinski definition) is 2. The molecule has 1 aromatic heterocycles. The van der Waals surface area contributed by atoms with E-state index in [4.69, 9.17) is 11.6 Å². The fourth-order valence-corrected chi connectivity index (χ4v) is 2.36. The zero-order valence-corrected chi connectivity index (χ0v) is 13.3. The lowest BCUT2D eigenvalue weighted by Gasteiger charge is -2.17. The molecule has 0 aliphatic carbocycles. The zero-order chi connectivity index (χ0) is 13.8. The van der Waals surface area contributed by atoms with Crippen LogP contribution in [0.25, 0.3) is 0 Å². The average Bonchev–Trinajstić information content (AvgIpc) is 2.41. The van der Waals surface area contributed by atoms with Crippen LogP contribution in [-0.4, -0.2) is 12.0 Å². The lowest BCUT2D eigenvalue weighted by molar-refractivity contribution is 0.584. The Labute approximate surface area is 127 Å². The Morgan fingerprint density at radius 3 is 2.68 bits per heavy atom. The molecule has 0 aliphatic heterocycles. The van der Waals surface area contributed by atoms with Gasteiger partial charge in [0.25, 0.3) is 0 Å². The highest BCUT2D eigenvalue weighted by atomic mass is 79.9. The molecule has 2 nitrogen and oxygen atoms in total. The molecule has 0 amide bonds. The van der Waals surface area contributed by atoms with Gasteiger partial charge in [0, 0.05) is 33.8 Å². The number of nitrogens with one attached hydrogen (secondary N) is 1. The van der Waals surface area contributed by atoms with Crippen LogP contribution in [0.2, 0.25) is 5.02 Å². The van der Waals surface area contributed by atoms with Gasteiger partial charge in [-0.1, -0.05) is 23.7 Å². The third-order valence-corrected chi connectivity index (χ3v) is 4.03. The summed E-state index contributed by atoms with van der Waals surface area (Å²) in [7, 11) is 1.97. The Morgan fingerprint density at radius 1 is 1.32 bits per heavy atom. The lowest BCUT2D eigenvalue weighted by atomic mass is 10.00. The molecule has 0 saturated carbocycles. The van der Waals surface area contributed by atoms with Crippen molar-refractivity contribution in [2.45, 2.75) is 19.4 Å². The van der Waals surface area contributed by atoms with E-state index in [1.54, 1.807) is 0 Å². The van der Waals surface area contributed by atoms with Gasteiger partial charge in [-0.3, -0.25) is 4.98 Å². The van der Waals surface area contributed by atoms with Crippen molar-refractivity contribution in [2.24, 2.45) is 0 Å². The van der Waals surface area contributed by atoms with Gasteiger partial charge in [-0.25, -0.2) is 0 Å². The maximum absolute atomic E-state index is 6.07. The minimum atomic E-state index is 0.240. The lowest BCUT2D eigenvalue weighted by Crippen LogP contribution is -2.19. The van der Waals surface area contributed by atoms with Crippen molar-refractivity contribution in [1.29, 1.82) is 0 Å². The summed E-state index contributed by atoms with van der Waals surface area (Å²) in [4.78, 5) is 4.42. The van der Waals surface area contributed by atoms with Crippen LogP contribution in [0.15, 0.2) is 41.0 Å². The highest BCUT2D eigenvalue weighted by molar-refractivity contribution is 9.10. The first-order chi connectivity index (χ1) is 9.10. The van der Waals surface area contributed by atoms with Crippen LogP contribution in [0, 0.1) is 6.92 Å². The molecule has 0 bridgehead atoms. The van der Waals surface area contributed by atoms with Crippen LogP contribution < -0.4 is 5.32 Å². The largest absolute Gasteiger partial charge is 0.313 e. The summed E-state index contributed by atoms with van der Waals surface area (Å²) in [5, 5.41) is 4.14. The van der Waals surface area contributed by atoms with Crippen molar-refractivity contribution < 1.29 is 0 Å². The molecule has 0 aliphatic rings. The Balaban J connectivity index is 2.19. The highest BCUT2D eigenvalue weighted by Crippen LogP contribution is 2.23. The fourth-order valence-electron chi connectivity index (χ4n) is 2.01. The predicted molar refractivity (Wildman–Crippen MR) is 83.6 cm³/mol. The number of aryl methyl sites for hydroxylation is 1. The molecule has 1 heterocycles. The molecule has 100 valence electrons. The maximum atomic E-state index is 6.07. The van der Waals surface area contributed by atoms with E-state index >= 15 is 0 Å². The Hall–Kier alpha value is -0.900. The van der Waals surface area contributed by atoms with Crippen LogP contribution in [0.4, 0.5) is 0 Å². The van der Waals surface area contributed by atoms with Crippen molar-refractivity contribution in [3.8, 4) is 0 Å². The van der Waals surface area contributed by atoms with Gasteiger partial charge in [0.05, 0.1) is 0 Å². The first-order valence-electron chi connectivity index (χ1n) is 6.14. The summed E-state index contributed by atoms with van der Waals surface area (Å²) in [5.74, 6) is 0. The first kappa shape index (κ1) is 14.5. The summed E-state index contributed by atoms with van der Waals surface area (Å²) in [6, 6.07) is 10.4. The molecule has 2 rings (SSSR count). The second-order valence-electron chi connectivity index (χ2n) is 4.52. The number of aromatic nitrogens is 1. The summed E-state index contributed by atoms with van der Waals surface area (Å²) in [5.41, 5.74) is 3.40. The van der Waals surface area contributed by atoms with Gasteiger partial charge in [-0.05, 0) is 59.2 Å². The van der Waals surface area contributed by atoms with E-state index in [0.29, 0.717) is 0 Å². The molecule has 1 unspecified atom stereocenters. The van der Waals surface area contributed by atoms with Crippen molar-refractivity contribution >= 4 is 27.5 Å². The average molecular weight is 340 g/mol. The fraction of sp³-hybridized carbons (Fsp3) is 0.267. The molecule has 1 N–H and O–H groups in total. The smallest absolute Gasteiger partial charge is 0.0435 e. The number of nitrogens with zero attached hydrogens (tertiary/aromatic N) is 1. The number of benzene rings is 1. The van der Waals surface area contributed by atoms with Crippen LogP contribution in [0.3, 0.4) is 0 Å². The second-order valence-corrected chi connectivity index (χ2v) is 5.84. The van der Waals surface area contributed by atoms with E-state index in [9.17, 15) is 0 Å². The van der Waals surface area contributed by atoms with Gasteiger partial charge in [0.1, 0.15) is 0 Å². The van der Waals surface area contributed by atoms with Gasteiger partial charge in [0.2, 0.25) is 0 Å². The van der Waals surface area contributed by atoms with Crippen molar-refractivity contribution in [3.05, 3.63) is 62.8 Å². The number of pyridine rings is 1. The van der Waals surface area contributed by atoms with Crippen molar-refractivity contribution in [1.82, 2.24) is 10.3 Å².